The lowest BCUT2D eigenvalue weighted by Crippen LogP contribution is -2.43. The molecule has 2 rings (SSSR count). The third-order valence-electron chi connectivity index (χ3n) is 3.31. The van der Waals surface area contributed by atoms with Gasteiger partial charge in [0.25, 0.3) is 0 Å². The van der Waals surface area contributed by atoms with Crippen LogP contribution < -0.4 is 10.6 Å². The highest BCUT2D eigenvalue weighted by molar-refractivity contribution is 5.96. The Bertz CT molecular complexity index is 661. The normalized spacial score (nSPS) is 11.5. The Labute approximate surface area is 124 Å². The van der Waals surface area contributed by atoms with Gasteiger partial charge in [-0.2, -0.15) is 5.26 Å². The summed E-state index contributed by atoms with van der Waals surface area (Å²) in [5.74, 6) is -0.172. The van der Waals surface area contributed by atoms with Crippen LogP contribution in [0, 0.1) is 11.3 Å². The Kier molecular flexibility index (Phi) is 4.70. The van der Waals surface area contributed by atoms with Crippen molar-refractivity contribution < 1.29 is 4.79 Å². The van der Waals surface area contributed by atoms with Crippen LogP contribution in [0.15, 0.2) is 54.6 Å². The van der Waals surface area contributed by atoms with Crippen LogP contribution in [0.5, 0.6) is 0 Å². The molecule has 0 aliphatic heterocycles. The summed E-state index contributed by atoms with van der Waals surface area (Å²) in [7, 11) is 1.67. The van der Waals surface area contributed by atoms with Gasteiger partial charge < -0.3 is 10.6 Å². The summed E-state index contributed by atoms with van der Waals surface area (Å²) in [4.78, 5) is 13.9. The summed E-state index contributed by atoms with van der Waals surface area (Å²) >= 11 is 0. The smallest absolute Gasteiger partial charge is 0.243 e. The molecule has 2 aromatic rings. The second-order valence-electron chi connectivity index (χ2n) is 4.86. The van der Waals surface area contributed by atoms with Crippen molar-refractivity contribution in [3.05, 3.63) is 65.7 Å². The minimum atomic E-state index is -0.608. The molecule has 0 bridgehead atoms. The second-order valence-corrected chi connectivity index (χ2v) is 4.86. The van der Waals surface area contributed by atoms with Gasteiger partial charge in [0.15, 0.2) is 0 Å². The third kappa shape index (κ3) is 3.68. The van der Waals surface area contributed by atoms with E-state index in [4.69, 9.17) is 11.0 Å². The van der Waals surface area contributed by atoms with Crippen LogP contribution in [0.2, 0.25) is 0 Å². The van der Waals surface area contributed by atoms with Gasteiger partial charge in [-0.1, -0.05) is 36.4 Å². The van der Waals surface area contributed by atoms with Crippen molar-refractivity contribution in [2.75, 3.05) is 11.9 Å². The average molecular weight is 279 g/mol. The first-order valence-corrected chi connectivity index (χ1v) is 6.69. The molecule has 2 N–H and O–H groups in total. The van der Waals surface area contributed by atoms with Crippen LogP contribution in [0.1, 0.15) is 11.1 Å². The number of carbonyl (C=O) groups is 1. The van der Waals surface area contributed by atoms with Crippen LogP contribution in [-0.2, 0) is 11.2 Å². The van der Waals surface area contributed by atoms with E-state index in [1.165, 1.54) is 4.90 Å². The summed E-state index contributed by atoms with van der Waals surface area (Å²) in [6, 6.07) is 18.0. The molecule has 21 heavy (non-hydrogen) atoms. The lowest BCUT2D eigenvalue weighted by Gasteiger charge is -2.21. The SMILES string of the molecule is CN(C(=O)[C@@H](N)Cc1ccccc1)c1cccc(C#N)c1. The molecule has 0 saturated heterocycles. The maximum atomic E-state index is 12.4. The van der Waals surface area contributed by atoms with E-state index < -0.39 is 6.04 Å². The maximum Gasteiger partial charge on any atom is 0.243 e. The first kappa shape index (κ1) is 14.8. The van der Waals surface area contributed by atoms with E-state index in [9.17, 15) is 4.79 Å². The molecule has 2 aromatic carbocycles. The number of anilines is 1. The number of nitrogens with two attached hydrogens (primary N) is 1. The molecule has 0 aliphatic carbocycles. The summed E-state index contributed by atoms with van der Waals surface area (Å²) in [6.07, 6.45) is 0.488. The number of nitriles is 1. The summed E-state index contributed by atoms with van der Waals surface area (Å²) in [6.45, 7) is 0. The molecule has 0 aromatic heterocycles. The fourth-order valence-corrected chi connectivity index (χ4v) is 2.12. The summed E-state index contributed by atoms with van der Waals surface area (Å²) < 4.78 is 0. The monoisotopic (exact) mass is 279 g/mol. The van der Waals surface area contributed by atoms with Gasteiger partial charge in [0.05, 0.1) is 17.7 Å². The number of hydrogen-bond acceptors (Lipinski definition) is 3. The van der Waals surface area contributed by atoms with Crippen molar-refractivity contribution in [3.63, 3.8) is 0 Å². The van der Waals surface area contributed by atoms with Crippen molar-refractivity contribution in [2.24, 2.45) is 5.73 Å². The largest absolute Gasteiger partial charge is 0.320 e. The molecule has 0 radical (unpaired) electrons. The van der Waals surface area contributed by atoms with Crippen LogP contribution in [-0.4, -0.2) is 19.0 Å². The Hall–Kier alpha value is -2.64. The first-order valence-electron chi connectivity index (χ1n) is 6.69. The van der Waals surface area contributed by atoms with Crippen molar-refractivity contribution >= 4 is 11.6 Å². The third-order valence-corrected chi connectivity index (χ3v) is 3.31. The molecule has 1 atom stereocenters. The Morgan fingerprint density at radius 3 is 2.62 bits per heavy atom. The van der Waals surface area contributed by atoms with E-state index in [-0.39, 0.29) is 5.91 Å². The van der Waals surface area contributed by atoms with E-state index in [1.807, 2.05) is 30.3 Å². The average Bonchev–Trinajstić information content (AvgIpc) is 2.54. The Balaban J connectivity index is 2.09. The van der Waals surface area contributed by atoms with Gasteiger partial charge in [-0.25, -0.2) is 0 Å². The molecule has 1 amide bonds. The minimum absolute atomic E-state index is 0.172. The highest BCUT2D eigenvalue weighted by atomic mass is 16.2. The van der Waals surface area contributed by atoms with Crippen molar-refractivity contribution in [1.29, 1.82) is 5.26 Å². The fraction of sp³-hybridized carbons (Fsp3) is 0.176. The quantitative estimate of drug-likeness (QED) is 0.931. The van der Waals surface area contributed by atoms with Gasteiger partial charge in [0.1, 0.15) is 0 Å². The van der Waals surface area contributed by atoms with Gasteiger partial charge in [0, 0.05) is 12.7 Å². The molecular formula is C17H17N3O. The molecule has 4 nitrogen and oxygen atoms in total. The number of likely N-dealkylation sites (N-methyl/N-ethyl adjacent to an activating group) is 1. The lowest BCUT2D eigenvalue weighted by atomic mass is 10.1. The molecular weight excluding hydrogens is 262 g/mol. The molecule has 4 heteroatoms. The Morgan fingerprint density at radius 1 is 1.24 bits per heavy atom. The standard InChI is InChI=1S/C17H17N3O/c1-20(15-9-5-8-14(10-15)12-18)17(21)16(19)11-13-6-3-2-4-7-13/h2-10,16H,11,19H2,1H3/t16-/m0/s1. The fourth-order valence-electron chi connectivity index (χ4n) is 2.12. The van der Waals surface area contributed by atoms with Crippen LogP contribution in [0.4, 0.5) is 5.69 Å². The summed E-state index contributed by atoms with van der Waals surface area (Å²) in [5, 5.41) is 8.91. The zero-order valence-corrected chi connectivity index (χ0v) is 11.9. The molecule has 0 saturated carbocycles. The molecule has 0 unspecified atom stereocenters. The van der Waals surface area contributed by atoms with E-state index in [2.05, 4.69) is 6.07 Å². The van der Waals surface area contributed by atoms with E-state index >= 15 is 0 Å². The molecule has 0 aliphatic rings. The van der Waals surface area contributed by atoms with Crippen molar-refractivity contribution in [3.8, 4) is 6.07 Å². The van der Waals surface area contributed by atoms with E-state index in [1.54, 1.807) is 31.3 Å². The van der Waals surface area contributed by atoms with Crippen LogP contribution in [0.3, 0.4) is 0 Å². The highest BCUT2D eigenvalue weighted by Gasteiger charge is 2.19. The molecule has 0 heterocycles. The molecule has 0 fully saturated rings. The number of amides is 1. The number of rotatable bonds is 4. The Morgan fingerprint density at radius 2 is 1.95 bits per heavy atom. The predicted molar refractivity (Wildman–Crippen MR) is 82.7 cm³/mol. The first-order chi connectivity index (χ1) is 10.1. The predicted octanol–water partition coefficient (Wildman–Crippen LogP) is 2.09. The van der Waals surface area contributed by atoms with Crippen molar-refractivity contribution in [1.82, 2.24) is 0 Å². The van der Waals surface area contributed by atoms with Crippen LogP contribution >= 0.6 is 0 Å². The topological polar surface area (TPSA) is 70.1 Å². The van der Waals surface area contributed by atoms with E-state index in [0.29, 0.717) is 17.7 Å². The number of nitrogens with zero attached hydrogens (tertiary/aromatic N) is 2. The zero-order chi connectivity index (χ0) is 15.2. The minimum Gasteiger partial charge on any atom is -0.320 e. The maximum absolute atomic E-state index is 12.4. The lowest BCUT2D eigenvalue weighted by molar-refractivity contribution is -0.119. The number of benzene rings is 2. The van der Waals surface area contributed by atoms with Gasteiger partial charge in [-0.15, -0.1) is 0 Å². The van der Waals surface area contributed by atoms with Gasteiger partial charge in [-0.05, 0) is 30.2 Å². The van der Waals surface area contributed by atoms with Gasteiger partial charge in [0.2, 0.25) is 5.91 Å². The van der Waals surface area contributed by atoms with Crippen molar-refractivity contribution in [2.45, 2.75) is 12.5 Å². The second kappa shape index (κ2) is 6.69. The van der Waals surface area contributed by atoms with Gasteiger partial charge >= 0.3 is 0 Å². The highest BCUT2D eigenvalue weighted by Crippen LogP contribution is 2.16. The van der Waals surface area contributed by atoms with Gasteiger partial charge in [-0.3, -0.25) is 4.79 Å². The molecule has 106 valence electrons. The summed E-state index contributed by atoms with van der Waals surface area (Å²) in [5.41, 5.74) is 8.21. The van der Waals surface area contributed by atoms with E-state index in [0.717, 1.165) is 5.56 Å². The van der Waals surface area contributed by atoms with Crippen LogP contribution in [0.25, 0.3) is 0 Å². The number of hydrogen-bond donors (Lipinski definition) is 1. The molecule has 0 spiro atoms. The number of carbonyl (C=O) groups excluding carboxylic acids is 1. The zero-order valence-electron chi connectivity index (χ0n) is 11.9.